The summed E-state index contributed by atoms with van der Waals surface area (Å²) in [5, 5.41) is 0. The summed E-state index contributed by atoms with van der Waals surface area (Å²) in [5.41, 5.74) is 3.49. The van der Waals surface area contributed by atoms with Crippen molar-refractivity contribution in [3.8, 4) is 0 Å². The third-order valence-corrected chi connectivity index (χ3v) is 4.17. The van der Waals surface area contributed by atoms with Crippen molar-refractivity contribution in [1.29, 1.82) is 0 Å². The van der Waals surface area contributed by atoms with Crippen LogP contribution >= 0.6 is 0 Å². The van der Waals surface area contributed by atoms with Crippen LogP contribution in [0.5, 0.6) is 0 Å². The number of benzene rings is 2. The first-order valence-electron chi connectivity index (χ1n) is 8.44. The Bertz CT molecular complexity index is 854. The fourth-order valence-corrected chi connectivity index (χ4v) is 2.79. The highest BCUT2D eigenvalue weighted by Gasteiger charge is 2.15. The summed E-state index contributed by atoms with van der Waals surface area (Å²) < 4.78 is 5.00. The van der Waals surface area contributed by atoms with Crippen molar-refractivity contribution in [3.63, 3.8) is 0 Å². The molecule has 0 saturated heterocycles. The summed E-state index contributed by atoms with van der Waals surface area (Å²) in [5.74, 6) is 0.765. The van der Waals surface area contributed by atoms with Crippen molar-refractivity contribution >= 4 is 23.2 Å². The van der Waals surface area contributed by atoms with Gasteiger partial charge in [0.25, 0.3) is 0 Å². The predicted octanol–water partition coefficient (Wildman–Crippen LogP) is 2.59. The van der Waals surface area contributed by atoms with Gasteiger partial charge in [-0.15, -0.1) is 0 Å². The molecule has 0 atom stereocenters. The second-order valence-corrected chi connectivity index (χ2v) is 6.06. The number of ether oxygens (including phenoxy) is 1. The molecule has 1 heterocycles. The molecule has 1 amide bonds. The molecule has 0 aliphatic rings. The van der Waals surface area contributed by atoms with Crippen molar-refractivity contribution in [3.05, 3.63) is 65.5 Å². The zero-order chi connectivity index (χ0) is 18.4. The van der Waals surface area contributed by atoms with E-state index >= 15 is 0 Å². The van der Waals surface area contributed by atoms with E-state index in [0.29, 0.717) is 25.1 Å². The number of methoxy groups -OCH3 is 1. The van der Waals surface area contributed by atoms with Crippen LogP contribution in [0.4, 0.5) is 0 Å². The van der Waals surface area contributed by atoms with E-state index in [0.717, 1.165) is 28.7 Å². The molecule has 0 aliphatic heterocycles. The number of carbonyl (C=O) groups excluding carboxylic acids is 2. The number of hydrogen-bond donors (Lipinski definition) is 1. The SMILES string of the molecule is COCC(=O)N(CCc1nc2ccccc2[nH]1)Cc1ccc(C=O)cc1. The number of carbonyl (C=O) groups is 2. The van der Waals surface area contributed by atoms with Gasteiger partial charge in [-0.05, 0) is 17.7 Å². The Balaban J connectivity index is 1.70. The number of imidazole rings is 1. The van der Waals surface area contributed by atoms with Gasteiger partial charge in [0, 0.05) is 32.2 Å². The van der Waals surface area contributed by atoms with Gasteiger partial charge in [-0.2, -0.15) is 0 Å². The summed E-state index contributed by atoms with van der Waals surface area (Å²) in [4.78, 5) is 32.7. The largest absolute Gasteiger partial charge is 0.375 e. The summed E-state index contributed by atoms with van der Waals surface area (Å²) in [6.45, 7) is 1.02. The van der Waals surface area contributed by atoms with Crippen LogP contribution in [0, 0.1) is 0 Å². The van der Waals surface area contributed by atoms with E-state index in [-0.39, 0.29) is 12.5 Å². The minimum absolute atomic E-state index is 0.0343. The van der Waals surface area contributed by atoms with Crippen LogP contribution in [-0.2, 0) is 22.5 Å². The molecule has 0 bridgehead atoms. The van der Waals surface area contributed by atoms with Crippen LogP contribution in [0.3, 0.4) is 0 Å². The van der Waals surface area contributed by atoms with Gasteiger partial charge in [-0.1, -0.05) is 36.4 Å². The molecular formula is C20H21N3O3. The van der Waals surface area contributed by atoms with Gasteiger partial charge in [0.15, 0.2) is 0 Å². The lowest BCUT2D eigenvalue weighted by atomic mass is 10.1. The Hall–Kier alpha value is -2.99. The molecule has 134 valence electrons. The van der Waals surface area contributed by atoms with Crippen molar-refractivity contribution in [2.45, 2.75) is 13.0 Å². The lowest BCUT2D eigenvalue weighted by Gasteiger charge is -2.22. The van der Waals surface area contributed by atoms with Gasteiger partial charge in [-0.3, -0.25) is 9.59 Å². The molecule has 6 heteroatoms. The third kappa shape index (κ3) is 4.34. The molecular weight excluding hydrogens is 330 g/mol. The van der Waals surface area contributed by atoms with E-state index in [4.69, 9.17) is 4.74 Å². The number of nitrogens with zero attached hydrogens (tertiary/aromatic N) is 2. The monoisotopic (exact) mass is 351 g/mol. The van der Waals surface area contributed by atoms with Crippen molar-refractivity contribution < 1.29 is 14.3 Å². The number of aldehydes is 1. The number of rotatable bonds is 8. The molecule has 0 fully saturated rings. The van der Waals surface area contributed by atoms with Gasteiger partial charge < -0.3 is 14.6 Å². The fourth-order valence-electron chi connectivity index (χ4n) is 2.79. The van der Waals surface area contributed by atoms with Crippen LogP contribution in [-0.4, -0.2) is 47.3 Å². The fraction of sp³-hybridized carbons (Fsp3) is 0.250. The second kappa shape index (κ2) is 8.40. The van der Waals surface area contributed by atoms with Gasteiger partial charge in [0.2, 0.25) is 5.91 Å². The molecule has 6 nitrogen and oxygen atoms in total. The molecule has 26 heavy (non-hydrogen) atoms. The Morgan fingerprint density at radius 3 is 2.65 bits per heavy atom. The lowest BCUT2D eigenvalue weighted by molar-refractivity contribution is -0.135. The number of amides is 1. The lowest BCUT2D eigenvalue weighted by Crippen LogP contribution is -2.35. The van der Waals surface area contributed by atoms with E-state index < -0.39 is 0 Å². The molecule has 2 aromatic carbocycles. The Kier molecular flexibility index (Phi) is 5.76. The molecule has 0 spiro atoms. The molecule has 1 N–H and O–H groups in total. The highest BCUT2D eigenvalue weighted by Crippen LogP contribution is 2.12. The molecule has 3 aromatic rings. The number of hydrogen-bond acceptors (Lipinski definition) is 4. The Morgan fingerprint density at radius 2 is 1.96 bits per heavy atom. The summed E-state index contributed by atoms with van der Waals surface area (Å²) in [6, 6.07) is 15.1. The smallest absolute Gasteiger partial charge is 0.248 e. The summed E-state index contributed by atoms with van der Waals surface area (Å²) >= 11 is 0. The zero-order valence-corrected chi connectivity index (χ0v) is 14.6. The average Bonchev–Trinajstić information content (AvgIpc) is 3.08. The van der Waals surface area contributed by atoms with Gasteiger partial charge >= 0.3 is 0 Å². The molecule has 1 aromatic heterocycles. The average molecular weight is 351 g/mol. The van der Waals surface area contributed by atoms with Crippen molar-refractivity contribution in [1.82, 2.24) is 14.9 Å². The highest BCUT2D eigenvalue weighted by atomic mass is 16.5. The number of H-pyrrole nitrogens is 1. The van der Waals surface area contributed by atoms with Gasteiger partial charge in [-0.25, -0.2) is 4.98 Å². The normalized spacial score (nSPS) is 10.8. The van der Waals surface area contributed by atoms with Crippen LogP contribution in [0.2, 0.25) is 0 Å². The number of fused-ring (bicyclic) bond motifs is 1. The molecule has 0 aliphatic carbocycles. The maximum Gasteiger partial charge on any atom is 0.248 e. The zero-order valence-electron chi connectivity index (χ0n) is 14.6. The van der Waals surface area contributed by atoms with Crippen molar-refractivity contribution in [2.24, 2.45) is 0 Å². The summed E-state index contributed by atoms with van der Waals surface area (Å²) in [6.07, 6.45) is 1.43. The first-order chi connectivity index (χ1) is 12.7. The standard InChI is InChI=1S/C20H21N3O3/c1-26-14-20(25)23(12-15-6-8-16(13-24)9-7-15)11-10-19-21-17-4-2-3-5-18(17)22-19/h2-9,13H,10-12,14H2,1H3,(H,21,22). The first kappa shape index (κ1) is 17.8. The van der Waals surface area contributed by atoms with Crippen LogP contribution < -0.4 is 0 Å². The molecule has 0 saturated carbocycles. The maximum atomic E-state index is 12.4. The van der Waals surface area contributed by atoms with Gasteiger partial charge in [0.05, 0.1) is 11.0 Å². The quantitative estimate of drug-likeness (QED) is 0.633. The summed E-state index contributed by atoms with van der Waals surface area (Å²) in [7, 11) is 1.51. The van der Waals surface area contributed by atoms with Crippen molar-refractivity contribution in [2.75, 3.05) is 20.3 Å². The third-order valence-electron chi connectivity index (χ3n) is 4.17. The van der Waals surface area contributed by atoms with E-state index in [1.807, 2.05) is 36.4 Å². The van der Waals surface area contributed by atoms with Crippen LogP contribution in [0.25, 0.3) is 11.0 Å². The first-order valence-corrected chi connectivity index (χ1v) is 8.44. The van der Waals surface area contributed by atoms with E-state index in [1.54, 1.807) is 17.0 Å². The molecule has 0 unspecified atom stereocenters. The highest BCUT2D eigenvalue weighted by molar-refractivity contribution is 5.78. The van der Waals surface area contributed by atoms with Crippen LogP contribution in [0.1, 0.15) is 21.7 Å². The Labute approximate surface area is 151 Å². The second-order valence-electron chi connectivity index (χ2n) is 6.06. The number of aromatic amines is 1. The van der Waals surface area contributed by atoms with E-state index in [1.165, 1.54) is 7.11 Å². The van der Waals surface area contributed by atoms with E-state index in [2.05, 4.69) is 9.97 Å². The van der Waals surface area contributed by atoms with Gasteiger partial charge in [0.1, 0.15) is 18.7 Å². The molecule has 3 rings (SSSR count). The van der Waals surface area contributed by atoms with E-state index in [9.17, 15) is 9.59 Å². The van der Waals surface area contributed by atoms with Crippen LogP contribution in [0.15, 0.2) is 48.5 Å². The molecule has 0 radical (unpaired) electrons. The number of aromatic nitrogens is 2. The number of para-hydroxylation sites is 2. The number of nitrogens with one attached hydrogen (secondary N) is 1. The maximum absolute atomic E-state index is 12.4. The predicted molar refractivity (Wildman–Crippen MR) is 98.9 cm³/mol. The topological polar surface area (TPSA) is 75.3 Å². The minimum Gasteiger partial charge on any atom is -0.375 e. The minimum atomic E-state index is -0.0805. The Morgan fingerprint density at radius 1 is 1.19 bits per heavy atom.